The van der Waals surface area contributed by atoms with E-state index in [0.717, 1.165) is 29.6 Å². The second kappa shape index (κ2) is 6.35. The number of benzene rings is 1. The van der Waals surface area contributed by atoms with Crippen LogP contribution in [0.1, 0.15) is 31.2 Å². The van der Waals surface area contributed by atoms with Crippen LogP contribution in [0.5, 0.6) is 0 Å². The highest BCUT2D eigenvalue weighted by Gasteiger charge is 2.16. The van der Waals surface area contributed by atoms with E-state index in [4.69, 9.17) is 17.3 Å². The minimum absolute atomic E-state index is 0.462. The van der Waals surface area contributed by atoms with Gasteiger partial charge in [0.25, 0.3) is 0 Å². The molecular weight excluding hydrogens is 286 g/mol. The fourth-order valence-electron chi connectivity index (χ4n) is 2.63. The summed E-state index contributed by atoms with van der Waals surface area (Å²) >= 11 is 5.90. The van der Waals surface area contributed by atoms with E-state index in [1.165, 1.54) is 25.7 Å². The SMILES string of the molecule is Nc1nc(N2CCCCCC2)nn1Cc1ccc(Cl)cc1. The average Bonchev–Trinajstić information content (AvgIpc) is 2.69. The molecule has 2 aromatic rings. The summed E-state index contributed by atoms with van der Waals surface area (Å²) in [6, 6.07) is 7.71. The van der Waals surface area contributed by atoms with Crippen LogP contribution in [-0.4, -0.2) is 27.9 Å². The summed E-state index contributed by atoms with van der Waals surface area (Å²) in [7, 11) is 0. The van der Waals surface area contributed by atoms with Crippen molar-refractivity contribution >= 4 is 23.5 Å². The standard InChI is InChI=1S/C15H20ClN5/c16-13-7-5-12(6-8-13)11-21-14(17)18-15(19-21)20-9-3-1-2-4-10-20/h5-8H,1-4,9-11H2,(H2,17,18,19). The monoisotopic (exact) mass is 305 g/mol. The van der Waals surface area contributed by atoms with Crippen molar-refractivity contribution in [2.24, 2.45) is 0 Å². The Kier molecular flexibility index (Phi) is 4.29. The molecule has 0 unspecified atom stereocenters. The molecule has 0 bridgehead atoms. The van der Waals surface area contributed by atoms with Crippen molar-refractivity contribution in [1.29, 1.82) is 0 Å². The van der Waals surface area contributed by atoms with Gasteiger partial charge in [-0.1, -0.05) is 36.6 Å². The molecule has 0 aliphatic carbocycles. The van der Waals surface area contributed by atoms with Crippen LogP contribution in [0.2, 0.25) is 5.02 Å². The number of nitrogens with two attached hydrogens (primary N) is 1. The number of hydrogen-bond donors (Lipinski definition) is 1. The first-order valence-electron chi connectivity index (χ1n) is 7.42. The van der Waals surface area contributed by atoms with Crippen LogP contribution < -0.4 is 10.6 Å². The topological polar surface area (TPSA) is 60.0 Å². The molecule has 1 aromatic heterocycles. The van der Waals surface area contributed by atoms with Crippen LogP contribution in [0.3, 0.4) is 0 Å². The van der Waals surface area contributed by atoms with Gasteiger partial charge in [0.05, 0.1) is 6.54 Å². The molecule has 2 N–H and O–H groups in total. The minimum atomic E-state index is 0.462. The van der Waals surface area contributed by atoms with Gasteiger partial charge in [-0.3, -0.25) is 0 Å². The van der Waals surface area contributed by atoms with Crippen LogP contribution in [0.15, 0.2) is 24.3 Å². The molecule has 0 saturated carbocycles. The Balaban J connectivity index is 1.75. The molecule has 112 valence electrons. The summed E-state index contributed by atoms with van der Waals surface area (Å²) in [5.74, 6) is 1.22. The fourth-order valence-corrected chi connectivity index (χ4v) is 2.75. The molecule has 1 aliphatic heterocycles. The predicted octanol–water partition coefficient (Wildman–Crippen LogP) is 2.94. The zero-order valence-corrected chi connectivity index (χ0v) is 12.8. The van der Waals surface area contributed by atoms with Crippen molar-refractivity contribution in [3.63, 3.8) is 0 Å². The highest BCUT2D eigenvalue weighted by atomic mass is 35.5. The number of rotatable bonds is 3. The molecule has 3 rings (SSSR count). The number of nitrogens with zero attached hydrogens (tertiary/aromatic N) is 4. The third-order valence-corrected chi connectivity index (χ3v) is 4.08. The lowest BCUT2D eigenvalue weighted by Gasteiger charge is -2.17. The fraction of sp³-hybridized carbons (Fsp3) is 0.467. The molecule has 1 saturated heterocycles. The zero-order valence-electron chi connectivity index (χ0n) is 12.0. The van der Waals surface area contributed by atoms with E-state index in [1.807, 2.05) is 24.3 Å². The first kappa shape index (κ1) is 14.2. The van der Waals surface area contributed by atoms with Crippen molar-refractivity contribution in [2.45, 2.75) is 32.2 Å². The maximum atomic E-state index is 6.00. The molecule has 2 heterocycles. The Morgan fingerprint density at radius 2 is 1.71 bits per heavy atom. The lowest BCUT2D eigenvalue weighted by atomic mass is 10.2. The first-order chi connectivity index (χ1) is 10.2. The highest BCUT2D eigenvalue weighted by Crippen LogP contribution is 2.18. The van der Waals surface area contributed by atoms with Gasteiger partial charge < -0.3 is 10.6 Å². The van der Waals surface area contributed by atoms with E-state index >= 15 is 0 Å². The van der Waals surface area contributed by atoms with Gasteiger partial charge in [-0.15, -0.1) is 5.10 Å². The van der Waals surface area contributed by atoms with Crippen molar-refractivity contribution in [3.8, 4) is 0 Å². The van der Waals surface area contributed by atoms with E-state index in [-0.39, 0.29) is 0 Å². The van der Waals surface area contributed by atoms with Gasteiger partial charge >= 0.3 is 0 Å². The molecule has 0 atom stereocenters. The number of aromatic nitrogens is 3. The van der Waals surface area contributed by atoms with Gasteiger partial charge in [-0.05, 0) is 30.5 Å². The molecule has 1 aromatic carbocycles. The normalized spacial score (nSPS) is 16.0. The molecule has 0 spiro atoms. The van der Waals surface area contributed by atoms with Gasteiger partial charge in [0.2, 0.25) is 11.9 Å². The van der Waals surface area contributed by atoms with E-state index in [0.29, 0.717) is 12.5 Å². The minimum Gasteiger partial charge on any atom is -0.368 e. The number of halogens is 1. The molecule has 21 heavy (non-hydrogen) atoms. The second-order valence-corrected chi connectivity index (χ2v) is 5.89. The Labute approximate surface area is 129 Å². The van der Waals surface area contributed by atoms with Gasteiger partial charge in [-0.2, -0.15) is 4.98 Å². The van der Waals surface area contributed by atoms with Gasteiger partial charge in [0.1, 0.15) is 0 Å². The van der Waals surface area contributed by atoms with Crippen LogP contribution in [-0.2, 0) is 6.54 Å². The Morgan fingerprint density at radius 3 is 2.38 bits per heavy atom. The van der Waals surface area contributed by atoms with Gasteiger partial charge in [0.15, 0.2) is 0 Å². The average molecular weight is 306 g/mol. The Bertz CT molecular complexity index is 585. The quantitative estimate of drug-likeness (QED) is 0.947. The van der Waals surface area contributed by atoms with Crippen molar-refractivity contribution in [1.82, 2.24) is 14.8 Å². The van der Waals surface area contributed by atoms with Crippen LogP contribution in [0.25, 0.3) is 0 Å². The maximum Gasteiger partial charge on any atom is 0.246 e. The summed E-state index contributed by atoms with van der Waals surface area (Å²) in [6.45, 7) is 2.65. The summed E-state index contributed by atoms with van der Waals surface area (Å²) in [5, 5.41) is 5.30. The van der Waals surface area contributed by atoms with Gasteiger partial charge in [0, 0.05) is 18.1 Å². The predicted molar refractivity (Wildman–Crippen MR) is 85.7 cm³/mol. The number of anilines is 2. The zero-order chi connectivity index (χ0) is 14.7. The van der Waals surface area contributed by atoms with Crippen LogP contribution >= 0.6 is 11.6 Å². The smallest absolute Gasteiger partial charge is 0.246 e. The summed E-state index contributed by atoms with van der Waals surface area (Å²) < 4.78 is 1.75. The highest BCUT2D eigenvalue weighted by molar-refractivity contribution is 6.30. The molecule has 0 amide bonds. The molecule has 1 aliphatic rings. The Morgan fingerprint density at radius 1 is 1.05 bits per heavy atom. The lowest BCUT2D eigenvalue weighted by molar-refractivity contribution is 0.680. The van der Waals surface area contributed by atoms with E-state index in [9.17, 15) is 0 Å². The second-order valence-electron chi connectivity index (χ2n) is 5.46. The summed E-state index contributed by atoms with van der Waals surface area (Å²) in [4.78, 5) is 6.66. The molecule has 1 fully saturated rings. The molecule has 5 nitrogen and oxygen atoms in total. The van der Waals surface area contributed by atoms with Crippen molar-refractivity contribution < 1.29 is 0 Å². The van der Waals surface area contributed by atoms with Gasteiger partial charge in [-0.25, -0.2) is 4.68 Å². The largest absolute Gasteiger partial charge is 0.368 e. The molecular formula is C15H20ClN5. The van der Waals surface area contributed by atoms with E-state index in [1.54, 1.807) is 4.68 Å². The molecule has 0 radical (unpaired) electrons. The van der Waals surface area contributed by atoms with Crippen LogP contribution in [0, 0.1) is 0 Å². The third-order valence-electron chi connectivity index (χ3n) is 3.82. The lowest BCUT2D eigenvalue weighted by Crippen LogP contribution is -2.25. The summed E-state index contributed by atoms with van der Waals surface area (Å²) in [6.07, 6.45) is 4.98. The number of hydrogen-bond acceptors (Lipinski definition) is 4. The first-order valence-corrected chi connectivity index (χ1v) is 7.80. The van der Waals surface area contributed by atoms with E-state index in [2.05, 4.69) is 15.0 Å². The van der Waals surface area contributed by atoms with Crippen molar-refractivity contribution in [2.75, 3.05) is 23.7 Å². The maximum absolute atomic E-state index is 6.00. The summed E-state index contributed by atoms with van der Waals surface area (Å²) in [5.41, 5.74) is 7.11. The Hall–Kier alpha value is -1.75. The number of nitrogen functional groups attached to an aromatic ring is 1. The van der Waals surface area contributed by atoms with E-state index < -0.39 is 0 Å². The van der Waals surface area contributed by atoms with Crippen molar-refractivity contribution in [3.05, 3.63) is 34.9 Å². The molecule has 6 heteroatoms. The van der Waals surface area contributed by atoms with Crippen LogP contribution in [0.4, 0.5) is 11.9 Å². The third kappa shape index (κ3) is 3.47.